The number of nitrogens with zero attached hydrogens (tertiary/aromatic N) is 3. The molecule has 0 saturated carbocycles. The zero-order chi connectivity index (χ0) is 18.7. The molecule has 0 aliphatic carbocycles. The minimum Gasteiger partial charge on any atom is -0.394 e. The molecule has 2 atom stereocenters. The monoisotopic (exact) mass is 356 g/mol. The maximum Gasteiger partial charge on any atom is 0.225 e. The highest BCUT2D eigenvalue weighted by molar-refractivity contribution is 5.49. The van der Waals surface area contributed by atoms with Crippen molar-refractivity contribution in [1.29, 1.82) is 0 Å². The summed E-state index contributed by atoms with van der Waals surface area (Å²) >= 11 is 0. The Labute approximate surface area is 154 Å². The van der Waals surface area contributed by atoms with Crippen LogP contribution in [0, 0.1) is 0 Å². The number of nitrogens with one attached hydrogen (secondary N) is 1. The lowest BCUT2D eigenvalue weighted by molar-refractivity contribution is 0.199. The molecular formula is C20H28N4O2. The molecule has 0 spiro atoms. The number of aliphatic hydroxyl groups excluding tert-OH is 2. The van der Waals surface area contributed by atoms with Gasteiger partial charge in [0.2, 0.25) is 5.95 Å². The van der Waals surface area contributed by atoms with Crippen molar-refractivity contribution < 1.29 is 10.2 Å². The summed E-state index contributed by atoms with van der Waals surface area (Å²) in [6, 6.07) is 8.18. The summed E-state index contributed by atoms with van der Waals surface area (Å²) in [6.07, 6.45) is 1.33. The van der Waals surface area contributed by atoms with Crippen molar-refractivity contribution in [2.45, 2.75) is 52.3 Å². The molecule has 0 saturated heterocycles. The summed E-state index contributed by atoms with van der Waals surface area (Å²) in [6.45, 7) is 7.49. The fraction of sp³-hybridized carbons (Fsp3) is 0.500. The van der Waals surface area contributed by atoms with E-state index in [4.69, 9.17) is 0 Å². The number of aromatic nitrogens is 2. The molecule has 1 aliphatic heterocycles. The third-order valence-corrected chi connectivity index (χ3v) is 4.83. The Bertz CT molecular complexity index is 763. The first-order valence-electron chi connectivity index (χ1n) is 9.30. The molecule has 6 heteroatoms. The summed E-state index contributed by atoms with van der Waals surface area (Å²) in [5, 5.41) is 22.2. The van der Waals surface area contributed by atoms with Crippen LogP contribution < -0.4 is 10.2 Å². The summed E-state index contributed by atoms with van der Waals surface area (Å²) in [7, 11) is 0. The third-order valence-electron chi connectivity index (χ3n) is 4.83. The normalized spacial score (nSPS) is 16.1. The van der Waals surface area contributed by atoms with Gasteiger partial charge in [-0.25, -0.2) is 4.98 Å². The highest BCUT2D eigenvalue weighted by Crippen LogP contribution is 2.27. The summed E-state index contributed by atoms with van der Waals surface area (Å²) in [4.78, 5) is 11.5. The van der Waals surface area contributed by atoms with Crippen LogP contribution in [0.25, 0.3) is 0 Å². The van der Waals surface area contributed by atoms with E-state index in [-0.39, 0.29) is 12.6 Å². The highest BCUT2D eigenvalue weighted by atomic mass is 16.3. The van der Waals surface area contributed by atoms with Gasteiger partial charge in [-0.1, -0.05) is 25.1 Å². The summed E-state index contributed by atoms with van der Waals surface area (Å²) < 4.78 is 0. The molecule has 1 aromatic heterocycles. The maximum atomic E-state index is 9.78. The van der Waals surface area contributed by atoms with E-state index in [1.165, 1.54) is 11.1 Å². The molecule has 2 heterocycles. The molecule has 0 unspecified atom stereocenters. The van der Waals surface area contributed by atoms with E-state index in [0.717, 1.165) is 43.0 Å². The van der Waals surface area contributed by atoms with Gasteiger partial charge in [-0.15, -0.1) is 0 Å². The topological polar surface area (TPSA) is 81.5 Å². The van der Waals surface area contributed by atoms with Crippen LogP contribution in [-0.4, -0.2) is 39.4 Å². The fourth-order valence-corrected chi connectivity index (χ4v) is 3.19. The van der Waals surface area contributed by atoms with E-state index >= 15 is 0 Å². The molecule has 3 rings (SSSR count). The van der Waals surface area contributed by atoms with Crippen molar-refractivity contribution in [3.8, 4) is 0 Å². The molecule has 0 amide bonds. The first kappa shape index (κ1) is 18.6. The Morgan fingerprint density at radius 2 is 2.00 bits per heavy atom. The van der Waals surface area contributed by atoms with Crippen molar-refractivity contribution in [2.24, 2.45) is 0 Å². The van der Waals surface area contributed by atoms with Gasteiger partial charge in [-0.2, -0.15) is 4.98 Å². The van der Waals surface area contributed by atoms with Gasteiger partial charge in [0, 0.05) is 30.9 Å². The SMILES string of the molecule is CCc1cc(N2CCc3cc([C@@H](C)O)ccc3C2)nc(N[C@H](C)CO)n1. The second-order valence-electron chi connectivity index (χ2n) is 7.00. The van der Waals surface area contributed by atoms with Crippen LogP contribution in [0.1, 0.15) is 49.3 Å². The number of benzene rings is 1. The Hall–Kier alpha value is -2.18. The minimum atomic E-state index is -0.436. The second-order valence-corrected chi connectivity index (χ2v) is 7.00. The smallest absolute Gasteiger partial charge is 0.225 e. The van der Waals surface area contributed by atoms with Gasteiger partial charge >= 0.3 is 0 Å². The van der Waals surface area contributed by atoms with Crippen LogP contribution >= 0.6 is 0 Å². The predicted molar refractivity (Wildman–Crippen MR) is 103 cm³/mol. The summed E-state index contributed by atoms with van der Waals surface area (Å²) in [5.41, 5.74) is 4.53. The average molecular weight is 356 g/mol. The van der Waals surface area contributed by atoms with E-state index in [2.05, 4.69) is 39.2 Å². The molecule has 1 aliphatic rings. The summed E-state index contributed by atoms with van der Waals surface area (Å²) in [5.74, 6) is 1.48. The number of aliphatic hydroxyl groups is 2. The third kappa shape index (κ3) is 4.14. The van der Waals surface area contributed by atoms with Crippen molar-refractivity contribution in [2.75, 3.05) is 23.4 Å². The van der Waals surface area contributed by atoms with Crippen molar-refractivity contribution >= 4 is 11.8 Å². The number of hydrogen-bond donors (Lipinski definition) is 3. The Balaban J connectivity index is 1.84. The van der Waals surface area contributed by atoms with Crippen molar-refractivity contribution in [3.05, 3.63) is 46.6 Å². The maximum absolute atomic E-state index is 9.78. The zero-order valence-corrected chi connectivity index (χ0v) is 15.7. The standard InChI is InChI=1S/C20H28N4O2/c1-4-18-10-19(23-20(22-18)21-13(2)12-25)24-8-7-16-9-15(14(3)26)5-6-17(16)11-24/h5-6,9-10,13-14,25-26H,4,7-8,11-12H2,1-3H3,(H,21,22,23)/t13-,14-/m1/s1. The second kappa shape index (κ2) is 8.01. The lowest BCUT2D eigenvalue weighted by Gasteiger charge is -2.31. The minimum absolute atomic E-state index is 0.0394. The zero-order valence-electron chi connectivity index (χ0n) is 15.7. The van der Waals surface area contributed by atoms with Gasteiger partial charge in [0.25, 0.3) is 0 Å². The fourth-order valence-electron chi connectivity index (χ4n) is 3.19. The molecule has 1 aromatic carbocycles. The van der Waals surface area contributed by atoms with E-state index in [1.54, 1.807) is 6.92 Å². The highest BCUT2D eigenvalue weighted by Gasteiger charge is 2.20. The largest absolute Gasteiger partial charge is 0.394 e. The molecule has 0 fully saturated rings. The van der Waals surface area contributed by atoms with E-state index in [1.807, 2.05) is 19.1 Å². The van der Waals surface area contributed by atoms with E-state index < -0.39 is 6.10 Å². The lowest BCUT2D eigenvalue weighted by Crippen LogP contribution is -2.32. The van der Waals surface area contributed by atoms with Gasteiger partial charge in [-0.05, 0) is 43.4 Å². The molecule has 3 N–H and O–H groups in total. The van der Waals surface area contributed by atoms with Crippen molar-refractivity contribution in [3.63, 3.8) is 0 Å². The molecule has 0 bridgehead atoms. The van der Waals surface area contributed by atoms with Crippen LogP contribution in [0.4, 0.5) is 11.8 Å². The van der Waals surface area contributed by atoms with E-state index in [9.17, 15) is 10.2 Å². The van der Waals surface area contributed by atoms with Gasteiger partial charge in [0.05, 0.1) is 12.7 Å². The van der Waals surface area contributed by atoms with Gasteiger partial charge in [-0.3, -0.25) is 0 Å². The number of rotatable bonds is 6. The molecule has 6 nitrogen and oxygen atoms in total. The lowest BCUT2D eigenvalue weighted by atomic mass is 9.96. The van der Waals surface area contributed by atoms with Gasteiger partial charge in [0.1, 0.15) is 5.82 Å². The molecular weight excluding hydrogens is 328 g/mol. The molecule has 140 valence electrons. The predicted octanol–water partition coefficient (Wildman–Crippen LogP) is 2.45. The quantitative estimate of drug-likeness (QED) is 0.738. The Morgan fingerprint density at radius 1 is 1.19 bits per heavy atom. The molecule has 2 aromatic rings. The van der Waals surface area contributed by atoms with Crippen LogP contribution in [0.2, 0.25) is 0 Å². The first-order chi connectivity index (χ1) is 12.5. The molecule has 26 heavy (non-hydrogen) atoms. The van der Waals surface area contributed by atoms with Crippen molar-refractivity contribution in [1.82, 2.24) is 9.97 Å². The van der Waals surface area contributed by atoms with Crippen LogP contribution in [0.3, 0.4) is 0 Å². The van der Waals surface area contributed by atoms with E-state index in [0.29, 0.717) is 5.95 Å². The van der Waals surface area contributed by atoms with Crippen LogP contribution in [0.5, 0.6) is 0 Å². The Morgan fingerprint density at radius 3 is 2.69 bits per heavy atom. The molecule has 0 radical (unpaired) electrons. The van der Waals surface area contributed by atoms with Gasteiger partial charge in [0.15, 0.2) is 0 Å². The number of aryl methyl sites for hydroxylation is 1. The number of anilines is 2. The number of fused-ring (bicyclic) bond motifs is 1. The Kier molecular flexibility index (Phi) is 5.74. The first-order valence-corrected chi connectivity index (χ1v) is 9.30. The van der Waals surface area contributed by atoms with Gasteiger partial charge < -0.3 is 20.4 Å². The van der Waals surface area contributed by atoms with Crippen LogP contribution in [-0.2, 0) is 19.4 Å². The number of hydrogen-bond acceptors (Lipinski definition) is 6. The van der Waals surface area contributed by atoms with Crippen LogP contribution in [0.15, 0.2) is 24.3 Å². The average Bonchev–Trinajstić information content (AvgIpc) is 2.66.